The van der Waals surface area contributed by atoms with Crippen molar-refractivity contribution in [2.75, 3.05) is 13.4 Å². The minimum Gasteiger partial charge on any atom is -0.479 e. The van der Waals surface area contributed by atoms with Gasteiger partial charge >= 0.3 is 0 Å². The van der Waals surface area contributed by atoms with E-state index in [1.807, 2.05) is 6.07 Å². The van der Waals surface area contributed by atoms with Gasteiger partial charge in [0.05, 0.1) is 0 Å². The van der Waals surface area contributed by atoms with Crippen LogP contribution in [0.1, 0.15) is 0 Å². The number of hydrogen-bond acceptors (Lipinski definition) is 4. The zero-order chi connectivity index (χ0) is 9.10. The Hall–Kier alpha value is -1.89. The summed E-state index contributed by atoms with van der Waals surface area (Å²) < 4.78 is 15.3. The van der Waals surface area contributed by atoms with Crippen molar-refractivity contribution in [3.8, 4) is 23.3 Å². The van der Waals surface area contributed by atoms with Gasteiger partial charge in [0.2, 0.25) is 6.79 Å². The molecule has 1 heterocycles. The SMILES string of the molecule is N#CCOc1ccc2c(c1)OCO2. The molecule has 1 aliphatic rings. The van der Waals surface area contributed by atoms with Crippen LogP contribution in [-0.4, -0.2) is 13.4 Å². The van der Waals surface area contributed by atoms with E-state index in [4.69, 9.17) is 19.5 Å². The van der Waals surface area contributed by atoms with E-state index in [2.05, 4.69) is 0 Å². The maximum absolute atomic E-state index is 8.29. The first kappa shape index (κ1) is 7.74. The predicted octanol–water partition coefficient (Wildman–Crippen LogP) is 1.32. The number of ether oxygens (including phenoxy) is 3. The summed E-state index contributed by atoms with van der Waals surface area (Å²) >= 11 is 0. The second kappa shape index (κ2) is 3.23. The lowest BCUT2D eigenvalue weighted by Gasteiger charge is -2.01. The van der Waals surface area contributed by atoms with Crippen LogP contribution in [0.3, 0.4) is 0 Å². The largest absolute Gasteiger partial charge is 0.479 e. The Kier molecular flexibility index (Phi) is 1.93. The summed E-state index contributed by atoms with van der Waals surface area (Å²) in [4.78, 5) is 0. The van der Waals surface area contributed by atoms with Gasteiger partial charge in [-0.15, -0.1) is 0 Å². The van der Waals surface area contributed by atoms with E-state index in [0.717, 1.165) is 0 Å². The maximum Gasteiger partial charge on any atom is 0.231 e. The third-order valence-corrected chi connectivity index (χ3v) is 1.65. The number of rotatable bonds is 2. The molecule has 0 atom stereocenters. The van der Waals surface area contributed by atoms with Crippen LogP contribution < -0.4 is 14.2 Å². The Morgan fingerprint density at radius 2 is 2.23 bits per heavy atom. The van der Waals surface area contributed by atoms with Gasteiger partial charge < -0.3 is 14.2 Å². The molecular formula is C9H7NO3. The molecule has 0 fully saturated rings. The first-order valence-electron chi connectivity index (χ1n) is 3.79. The van der Waals surface area contributed by atoms with Crippen LogP contribution in [0, 0.1) is 11.3 Å². The molecule has 1 aromatic carbocycles. The summed E-state index contributed by atoms with van der Waals surface area (Å²) in [5, 5.41) is 8.29. The van der Waals surface area contributed by atoms with Crippen molar-refractivity contribution in [2.45, 2.75) is 0 Å². The molecule has 66 valence electrons. The van der Waals surface area contributed by atoms with Crippen LogP contribution in [0.15, 0.2) is 18.2 Å². The second-order valence-corrected chi connectivity index (χ2v) is 2.46. The monoisotopic (exact) mass is 177 g/mol. The lowest BCUT2D eigenvalue weighted by atomic mass is 10.3. The van der Waals surface area contributed by atoms with E-state index >= 15 is 0 Å². The number of fused-ring (bicyclic) bond motifs is 1. The van der Waals surface area contributed by atoms with Crippen LogP contribution in [0.25, 0.3) is 0 Å². The molecule has 0 amide bonds. The zero-order valence-corrected chi connectivity index (χ0v) is 6.82. The molecule has 0 aliphatic carbocycles. The Labute approximate surface area is 75.3 Å². The molecule has 1 aromatic rings. The number of nitriles is 1. The molecule has 0 saturated carbocycles. The fourth-order valence-corrected chi connectivity index (χ4v) is 1.08. The average Bonchev–Trinajstić information content (AvgIpc) is 2.61. The number of hydrogen-bond donors (Lipinski definition) is 0. The zero-order valence-electron chi connectivity index (χ0n) is 6.82. The van der Waals surface area contributed by atoms with Crippen LogP contribution in [0.5, 0.6) is 17.2 Å². The molecule has 0 bridgehead atoms. The fraction of sp³-hybridized carbons (Fsp3) is 0.222. The molecule has 0 radical (unpaired) electrons. The highest BCUT2D eigenvalue weighted by molar-refractivity contribution is 5.46. The smallest absolute Gasteiger partial charge is 0.231 e. The molecule has 4 heteroatoms. The van der Waals surface area contributed by atoms with Crippen LogP contribution in [-0.2, 0) is 0 Å². The average molecular weight is 177 g/mol. The van der Waals surface area contributed by atoms with Gasteiger partial charge in [0.25, 0.3) is 0 Å². The summed E-state index contributed by atoms with van der Waals surface area (Å²) in [7, 11) is 0. The van der Waals surface area contributed by atoms with E-state index in [9.17, 15) is 0 Å². The topological polar surface area (TPSA) is 51.5 Å². The van der Waals surface area contributed by atoms with Gasteiger partial charge in [0.1, 0.15) is 11.8 Å². The number of nitrogens with zero attached hydrogens (tertiary/aromatic N) is 1. The molecule has 0 saturated heterocycles. The van der Waals surface area contributed by atoms with Crippen LogP contribution in [0.2, 0.25) is 0 Å². The highest BCUT2D eigenvalue weighted by atomic mass is 16.7. The molecule has 2 rings (SSSR count). The normalized spacial score (nSPS) is 12.2. The summed E-state index contributed by atoms with van der Waals surface area (Å²) in [5.41, 5.74) is 0. The van der Waals surface area contributed by atoms with E-state index in [1.54, 1.807) is 18.2 Å². The highest BCUT2D eigenvalue weighted by Crippen LogP contribution is 2.34. The molecular weight excluding hydrogens is 170 g/mol. The molecule has 4 nitrogen and oxygen atoms in total. The van der Waals surface area contributed by atoms with Gasteiger partial charge in [-0.3, -0.25) is 0 Å². The molecule has 0 unspecified atom stereocenters. The van der Waals surface area contributed by atoms with Crippen molar-refractivity contribution in [2.24, 2.45) is 0 Å². The highest BCUT2D eigenvalue weighted by Gasteiger charge is 2.13. The Balaban J connectivity index is 2.17. The minimum absolute atomic E-state index is 0.0413. The van der Waals surface area contributed by atoms with Gasteiger partial charge in [0, 0.05) is 6.07 Å². The third kappa shape index (κ3) is 1.49. The van der Waals surface area contributed by atoms with Crippen molar-refractivity contribution < 1.29 is 14.2 Å². The first-order valence-corrected chi connectivity index (χ1v) is 3.79. The Morgan fingerprint density at radius 1 is 1.38 bits per heavy atom. The van der Waals surface area contributed by atoms with Gasteiger partial charge in [-0.25, -0.2) is 0 Å². The van der Waals surface area contributed by atoms with Crippen LogP contribution in [0.4, 0.5) is 0 Å². The predicted molar refractivity (Wildman–Crippen MR) is 43.7 cm³/mol. The molecule has 0 N–H and O–H groups in total. The number of benzene rings is 1. The molecule has 0 spiro atoms. The molecule has 1 aliphatic heterocycles. The lowest BCUT2D eigenvalue weighted by molar-refractivity contribution is 0.174. The van der Waals surface area contributed by atoms with Crippen molar-refractivity contribution in [1.29, 1.82) is 5.26 Å². The maximum atomic E-state index is 8.29. The van der Waals surface area contributed by atoms with Crippen molar-refractivity contribution >= 4 is 0 Å². The van der Waals surface area contributed by atoms with E-state index < -0.39 is 0 Å². The van der Waals surface area contributed by atoms with Gasteiger partial charge in [-0.1, -0.05) is 0 Å². The third-order valence-electron chi connectivity index (χ3n) is 1.65. The van der Waals surface area contributed by atoms with Gasteiger partial charge in [-0.05, 0) is 12.1 Å². The van der Waals surface area contributed by atoms with Crippen LogP contribution >= 0.6 is 0 Å². The van der Waals surface area contributed by atoms with Gasteiger partial charge in [-0.2, -0.15) is 5.26 Å². The fourth-order valence-electron chi connectivity index (χ4n) is 1.08. The van der Waals surface area contributed by atoms with Crippen molar-refractivity contribution in [3.05, 3.63) is 18.2 Å². The second-order valence-electron chi connectivity index (χ2n) is 2.46. The van der Waals surface area contributed by atoms with Crippen molar-refractivity contribution in [3.63, 3.8) is 0 Å². The summed E-state index contributed by atoms with van der Waals surface area (Å²) in [6, 6.07) is 7.10. The summed E-state index contributed by atoms with van der Waals surface area (Å²) in [5.74, 6) is 1.99. The molecule has 0 aromatic heterocycles. The van der Waals surface area contributed by atoms with E-state index in [1.165, 1.54) is 0 Å². The standard InChI is InChI=1S/C9H7NO3/c10-3-4-11-7-1-2-8-9(5-7)13-6-12-8/h1-2,5H,4,6H2. The minimum atomic E-state index is 0.0413. The van der Waals surface area contributed by atoms with E-state index in [0.29, 0.717) is 17.2 Å². The van der Waals surface area contributed by atoms with E-state index in [-0.39, 0.29) is 13.4 Å². The Morgan fingerprint density at radius 3 is 3.08 bits per heavy atom. The quantitative estimate of drug-likeness (QED) is 0.683. The summed E-state index contributed by atoms with van der Waals surface area (Å²) in [6.07, 6.45) is 0. The Bertz CT molecular complexity index is 356. The summed E-state index contributed by atoms with van der Waals surface area (Å²) in [6.45, 7) is 0.288. The first-order chi connectivity index (χ1) is 6.40. The van der Waals surface area contributed by atoms with Crippen molar-refractivity contribution in [1.82, 2.24) is 0 Å². The molecule has 13 heavy (non-hydrogen) atoms. The van der Waals surface area contributed by atoms with Gasteiger partial charge in [0.15, 0.2) is 18.1 Å². The lowest BCUT2D eigenvalue weighted by Crippen LogP contribution is -1.93.